The second-order valence-corrected chi connectivity index (χ2v) is 9.09. The number of carbonyl (C=O) groups excluding carboxylic acids is 3. The van der Waals surface area contributed by atoms with Gasteiger partial charge in [-0.25, -0.2) is 4.79 Å². The van der Waals surface area contributed by atoms with Crippen LogP contribution in [0.15, 0.2) is 47.6 Å². The van der Waals surface area contributed by atoms with Gasteiger partial charge in [0.15, 0.2) is 0 Å². The highest BCUT2D eigenvalue weighted by molar-refractivity contribution is 6.01. The molecule has 1 aromatic rings. The summed E-state index contributed by atoms with van der Waals surface area (Å²) in [6, 6.07) is 3.08. The normalized spacial score (nSPS) is 17.9. The Morgan fingerprint density at radius 2 is 1.92 bits per heavy atom. The third-order valence-electron chi connectivity index (χ3n) is 6.62. The maximum absolute atomic E-state index is 13.1. The largest absolute Gasteiger partial charge is 0.465 e. The maximum Gasteiger partial charge on any atom is 0.416 e. The summed E-state index contributed by atoms with van der Waals surface area (Å²) in [5.41, 5.74) is -1.33. The molecule has 37 heavy (non-hydrogen) atoms. The van der Waals surface area contributed by atoms with Crippen LogP contribution in [0.5, 0.6) is 0 Å². The minimum Gasteiger partial charge on any atom is -0.465 e. The van der Waals surface area contributed by atoms with Gasteiger partial charge < -0.3 is 20.3 Å². The van der Waals surface area contributed by atoms with Gasteiger partial charge in [-0.05, 0) is 56.7 Å². The van der Waals surface area contributed by atoms with Gasteiger partial charge in [0.2, 0.25) is 5.91 Å². The molecule has 0 radical (unpaired) electrons. The van der Waals surface area contributed by atoms with Gasteiger partial charge >= 0.3 is 12.1 Å². The molecule has 0 spiro atoms. The molecule has 11 heteroatoms. The molecule has 3 rings (SSSR count). The Morgan fingerprint density at radius 3 is 2.46 bits per heavy atom. The number of rotatable bonds is 9. The number of benzene rings is 1. The van der Waals surface area contributed by atoms with E-state index >= 15 is 0 Å². The van der Waals surface area contributed by atoms with Gasteiger partial charge in [-0.15, -0.1) is 0 Å². The minimum atomic E-state index is -4.57. The number of methoxy groups -OCH3 is 1. The second kappa shape index (κ2) is 11.6. The summed E-state index contributed by atoms with van der Waals surface area (Å²) in [7, 11) is 1.13. The number of halogens is 3. The Hall–Kier alpha value is -3.63. The zero-order valence-corrected chi connectivity index (χ0v) is 20.9. The molecule has 1 aliphatic carbocycles. The second-order valence-electron chi connectivity index (χ2n) is 9.09. The quantitative estimate of drug-likeness (QED) is 0.224. The molecule has 1 aliphatic heterocycles. The highest BCUT2D eigenvalue weighted by Crippen LogP contribution is 2.37. The maximum atomic E-state index is 13.1. The molecular weight excluding hydrogens is 489 g/mol. The Bertz CT molecular complexity index is 1100. The van der Waals surface area contributed by atoms with Gasteiger partial charge in [0.1, 0.15) is 5.54 Å². The van der Waals surface area contributed by atoms with Gasteiger partial charge in [-0.1, -0.05) is 12.7 Å². The molecule has 2 fully saturated rings. The van der Waals surface area contributed by atoms with Crippen LogP contribution in [0.25, 0.3) is 0 Å². The number of piperidine rings is 1. The van der Waals surface area contributed by atoms with E-state index in [0.717, 1.165) is 19.2 Å². The number of nitrogens with one attached hydrogen (secondary N) is 2. The van der Waals surface area contributed by atoms with E-state index in [1.54, 1.807) is 6.92 Å². The van der Waals surface area contributed by atoms with Crippen molar-refractivity contribution < 1.29 is 32.3 Å². The van der Waals surface area contributed by atoms with Crippen LogP contribution in [0, 0.1) is 5.92 Å². The molecule has 200 valence electrons. The van der Waals surface area contributed by atoms with Crippen molar-refractivity contribution in [2.24, 2.45) is 10.9 Å². The van der Waals surface area contributed by atoms with Crippen molar-refractivity contribution in [3.8, 4) is 0 Å². The van der Waals surface area contributed by atoms with E-state index in [9.17, 15) is 27.6 Å². The van der Waals surface area contributed by atoms with E-state index in [-0.39, 0.29) is 23.0 Å². The molecule has 0 unspecified atom stereocenters. The van der Waals surface area contributed by atoms with Crippen LogP contribution >= 0.6 is 0 Å². The Balaban J connectivity index is 1.56. The highest BCUT2D eigenvalue weighted by atomic mass is 19.4. The van der Waals surface area contributed by atoms with Gasteiger partial charge in [-0.2, -0.15) is 13.2 Å². The number of hydrogen-bond acceptors (Lipinski definition) is 6. The SMILES string of the molecule is C=CC(=CN=CC)C(=O)NC1(C(=O)NCC2CCN(c3ccc(C(F)(F)F)cc3C(=O)OC)CC2)CC1. The van der Waals surface area contributed by atoms with Crippen LogP contribution < -0.4 is 15.5 Å². The summed E-state index contributed by atoms with van der Waals surface area (Å²) in [5.74, 6) is -1.35. The van der Waals surface area contributed by atoms with Crippen molar-refractivity contribution in [3.05, 3.63) is 53.8 Å². The van der Waals surface area contributed by atoms with Gasteiger partial charge in [-0.3, -0.25) is 14.6 Å². The van der Waals surface area contributed by atoms with Crippen molar-refractivity contribution in [1.29, 1.82) is 0 Å². The predicted octanol–water partition coefficient (Wildman–Crippen LogP) is 3.63. The number of hydrogen-bond donors (Lipinski definition) is 2. The molecule has 2 amide bonds. The first-order valence-electron chi connectivity index (χ1n) is 12.0. The van der Waals surface area contributed by atoms with Crippen LogP contribution in [-0.2, 0) is 20.5 Å². The summed E-state index contributed by atoms with van der Waals surface area (Å²) in [5, 5.41) is 5.72. The summed E-state index contributed by atoms with van der Waals surface area (Å²) in [6.45, 7) is 6.74. The first kappa shape index (κ1) is 27.9. The van der Waals surface area contributed by atoms with E-state index < -0.39 is 29.2 Å². The molecule has 1 saturated carbocycles. The van der Waals surface area contributed by atoms with Crippen LogP contribution in [0.3, 0.4) is 0 Å². The molecule has 1 aromatic carbocycles. The summed E-state index contributed by atoms with van der Waals surface area (Å²) in [4.78, 5) is 43.3. The third-order valence-corrected chi connectivity index (χ3v) is 6.62. The fourth-order valence-corrected chi connectivity index (χ4v) is 4.23. The molecule has 2 aliphatic rings. The van der Waals surface area contributed by atoms with Crippen LogP contribution in [0.1, 0.15) is 48.5 Å². The molecular formula is C26H31F3N4O4. The predicted molar refractivity (Wildman–Crippen MR) is 133 cm³/mol. The number of amides is 2. The van der Waals surface area contributed by atoms with Crippen LogP contribution in [0.2, 0.25) is 0 Å². The molecule has 2 N–H and O–H groups in total. The lowest BCUT2D eigenvalue weighted by Gasteiger charge is -2.35. The third kappa shape index (κ3) is 6.78. The summed E-state index contributed by atoms with van der Waals surface area (Å²) >= 11 is 0. The lowest BCUT2D eigenvalue weighted by Crippen LogP contribution is -2.50. The van der Waals surface area contributed by atoms with E-state index in [1.807, 2.05) is 4.90 Å². The minimum absolute atomic E-state index is 0.131. The van der Waals surface area contributed by atoms with E-state index in [0.29, 0.717) is 51.0 Å². The van der Waals surface area contributed by atoms with Crippen molar-refractivity contribution in [2.45, 2.75) is 44.3 Å². The van der Waals surface area contributed by atoms with Gasteiger partial charge in [0.25, 0.3) is 5.91 Å². The average Bonchev–Trinajstić information content (AvgIpc) is 3.67. The number of carbonyl (C=O) groups is 3. The molecule has 8 nitrogen and oxygen atoms in total. The van der Waals surface area contributed by atoms with Crippen LogP contribution in [0.4, 0.5) is 18.9 Å². The molecule has 0 atom stereocenters. The number of nitrogens with zero attached hydrogens (tertiary/aromatic N) is 2. The zero-order valence-electron chi connectivity index (χ0n) is 20.9. The first-order chi connectivity index (χ1) is 17.5. The smallest absolute Gasteiger partial charge is 0.416 e. The number of esters is 1. The lowest BCUT2D eigenvalue weighted by atomic mass is 9.95. The van der Waals surface area contributed by atoms with Gasteiger partial charge in [0, 0.05) is 32.0 Å². The fraction of sp³-hybridized carbons (Fsp3) is 0.462. The number of ether oxygens (including phenoxy) is 1. The van der Waals surface area contributed by atoms with Gasteiger partial charge in [0.05, 0.1) is 29.5 Å². The lowest BCUT2D eigenvalue weighted by molar-refractivity contribution is -0.137. The number of anilines is 1. The Morgan fingerprint density at radius 1 is 1.24 bits per heavy atom. The molecule has 0 aromatic heterocycles. The highest BCUT2D eigenvalue weighted by Gasteiger charge is 2.51. The standard InChI is InChI=1S/C26H31F3N4O4/c1-4-18(16-30-5-2)22(34)32-25(10-11-25)24(36)31-15-17-8-12-33(13-9-17)21-7-6-19(26(27,28)29)14-20(21)23(35)37-3/h4-7,14,16-17H,1,8-13,15H2,2-3H3,(H,31,36)(H,32,34). The zero-order chi connectivity index (χ0) is 27.2. The van der Waals surface area contributed by atoms with E-state index in [4.69, 9.17) is 4.74 Å². The van der Waals surface area contributed by atoms with Crippen molar-refractivity contribution in [1.82, 2.24) is 10.6 Å². The monoisotopic (exact) mass is 520 g/mol. The van der Waals surface area contributed by atoms with Crippen molar-refractivity contribution >= 4 is 29.7 Å². The van der Waals surface area contributed by atoms with E-state index in [2.05, 4.69) is 22.2 Å². The average molecular weight is 521 g/mol. The fourth-order valence-electron chi connectivity index (χ4n) is 4.23. The van der Waals surface area contributed by atoms with Crippen molar-refractivity contribution in [2.75, 3.05) is 31.6 Å². The Labute approximate surface area is 213 Å². The molecule has 1 saturated heterocycles. The molecule has 0 bridgehead atoms. The van der Waals surface area contributed by atoms with Crippen molar-refractivity contribution in [3.63, 3.8) is 0 Å². The van der Waals surface area contributed by atoms with E-state index in [1.165, 1.54) is 24.6 Å². The number of aliphatic imine (C=N–C) groups is 1. The number of alkyl halides is 3. The molecule has 1 heterocycles. The first-order valence-corrected chi connectivity index (χ1v) is 12.0. The summed E-state index contributed by atoms with van der Waals surface area (Å²) in [6.07, 6.45) is 2.13. The Kier molecular flexibility index (Phi) is 8.77. The summed E-state index contributed by atoms with van der Waals surface area (Å²) < 4.78 is 44.1. The van der Waals surface area contributed by atoms with Crippen LogP contribution in [-0.4, -0.2) is 56.3 Å². The topological polar surface area (TPSA) is 100 Å².